The lowest BCUT2D eigenvalue weighted by Crippen LogP contribution is -2.44. The monoisotopic (exact) mass is 486 g/mol. The third-order valence-electron chi connectivity index (χ3n) is 4.77. The van der Waals surface area contributed by atoms with Gasteiger partial charge in [0.2, 0.25) is 5.91 Å². The molecule has 1 aromatic heterocycles. The number of ether oxygens (including phenoxy) is 1. The maximum atomic E-state index is 13.3. The Morgan fingerprint density at radius 3 is 2.36 bits per heavy atom. The fourth-order valence-corrected chi connectivity index (χ4v) is 3.92. The summed E-state index contributed by atoms with van der Waals surface area (Å²) in [5.41, 5.74) is 0.800. The number of thiophene rings is 1. The summed E-state index contributed by atoms with van der Waals surface area (Å²) in [7, 11) is 0. The minimum Gasteiger partial charge on any atom is -0.484 e. The van der Waals surface area contributed by atoms with Gasteiger partial charge in [-0.1, -0.05) is 35.9 Å². The molecule has 33 heavy (non-hydrogen) atoms. The van der Waals surface area contributed by atoms with E-state index in [4.69, 9.17) is 16.3 Å². The molecule has 0 spiro atoms. The first-order valence-corrected chi connectivity index (χ1v) is 11.5. The Hall–Kier alpha value is -3.16. The van der Waals surface area contributed by atoms with Crippen molar-refractivity contribution in [3.05, 3.63) is 100.0 Å². The van der Waals surface area contributed by atoms with Crippen molar-refractivity contribution < 1.29 is 18.7 Å². The number of amides is 2. The van der Waals surface area contributed by atoms with Crippen LogP contribution < -0.4 is 4.74 Å². The van der Waals surface area contributed by atoms with Crippen molar-refractivity contribution in [1.82, 2.24) is 9.80 Å². The summed E-state index contributed by atoms with van der Waals surface area (Å²) in [5.74, 6) is -0.392. The molecule has 2 aromatic carbocycles. The lowest BCUT2D eigenvalue weighted by Gasteiger charge is -2.27. The second-order valence-corrected chi connectivity index (χ2v) is 8.73. The fraction of sp³-hybridized carbons (Fsp3) is 0.200. The summed E-state index contributed by atoms with van der Waals surface area (Å²) in [6.07, 6.45) is 1.57. The quantitative estimate of drug-likeness (QED) is 0.352. The highest BCUT2D eigenvalue weighted by molar-refractivity contribution is 7.09. The number of hydrogen-bond acceptors (Lipinski definition) is 4. The Morgan fingerprint density at radius 1 is 1.00 bits per heavy atom. The molecule has 0 fully saturated rings. The molecule has 0 aliphatic carbocycles. The highest BCUT2D eigenvalue weighted by atomic mass is 35.5. The molecule has 0 aliphatic rings. The van der Waals surface area contributed by atoms with Crippen LogP contribution in [0.3, 0.4) is 0 Å². The first-order chi connectivity index (χ1) is 15.9. The highest BCUT2D eigenvalue weighted by Crippen LogP contribution is 2.17. The summed E-state index contributed by atoms with van der Waals surface area (Å²) in [4.78, 5) is 30.0. The molecule has 2 amide bonds. The van der Waals surface area contributed by atoms with Crippen molar-refractivity contribution in [1.29, 1.82) is 0 Å². The second kappa shape index (κ2) is 12.2. The smallest absolute Gasteiger partial charge is 0.261 e. The fourth-order valence-electron chi connectivity index (χ4n) is 3.07. The van der Waals surface area contributed by atoms with Crippen LogP contribution in [0.5, 0.6) is 5.75 Å². The molecule has 0 unspecified atom stereocenters. The predicted octanol–water partition coefficient (Wildman–Crippen LogP) is 5.16. The Balaban J connectivity index is 1.67. The van der Waals surface area contributed by atoms with Crippen molar-refractivity contribution in [3.63, 3.8) is 0 Å². The van der Waals surface area contributed by atoms with Crippen LogP contribution in [-0.2, 0) is 22.7 Å². The topological polar surface area (TPSA) is 49.9 Å². The van der Waals surface area contributed by atoms with E-state index in [1.165, 1.54) is 17.0 Å². The number of carbonyl (C=O) groups excluding carboxylic acids is 2. The Labute approximate surface area is 201 Å². The van der Waals surface area contributed by atoms with Crippen LogP contribution in [0.1, 0.15) is 10.4 Å². The van der Waals surface area contributed by atoms with E-state index in [0.29, 0.717) is 23.9 Å². The van der Waals surface area contributed by atoms with Crippen LogP contribution in [-0.4, -0.2) is 41.3 Å². The van der Waals surface area contributed by atoms with Crippen molar-refractivity contribution in [2.45, 2.75) is 13.1 Å². The van der Waals surface area contributed by atoms with Gasteiger partial charge in [-0.3, -0.25) is 9.59 Å². The average molecular weight is 487 g/mol. The number of rotatable bonds is 11. The lowest BCUT2D eigenvalue weighted by molar-refractivity contribution is -0.141. The van der Waals surface area contributed by atoms with Gasteiger partial charge in [-0.05, 0) is 53.4 Å². The summed E-state index contributed by atoms with van der Waals surface area (Å²) >= 11 is 7.41. The summed E-state index contributed by atoms with van der Waals surface area (Å²) < 4.78 is 18.8. The Kier molecular flexibility index (Phi) is 9.04. The molecular weight excluding hydrogens is 463 g/mol. The third-order valence-corrected chi connectivity index (χ3v) is 5.88. The second-order valence-electron chi connectivity index (χ2n) is 7.26. The highest BCUT2D eigenvalue weighted by Gasteiger charge is 2.22. The molecule has 172 valence electrons. The largest absolute Gasteiger partial charge is 0.484 e. The van der Waals surface area contributed by atoms with Gasteiger partial charge >= 0.3 is 0 Å². The maximum Gasteiger partial charge on any atom is 0.261 e. The first-order valence-electron chi connectivity index (χ1n) is 10.3. The lowest BCUT2D eigenvalue weighted by atomic mass is 10.2. The minimum atomic E-state index is -0.337. The molecule has 0 N–H and O–H groups in total. The first kappa shape index (κ1) is 24.5. The number of hydrogen-bond donors (Lipinski definition) is 0. The van der Waals surface area contributed by atoms with Crippen LogP contribution >= 0.6 is 22.9 Å². The van der Waals surface area contributed by atoms with E-state index in [0.717, 1.165) is 10.4 Å². The van der Waals surface area contributed by atoms with Gasteiger partial charge in [0, 0.05) is 23.0 Å². The van der Waals surface area contributed by atoms with Gasteiger partial charge in [0.05, 0.1) is 6.54 Å². The van der Waals surface area contributed by atoms with Crippen molar-refractivity contribution in [3.8, 4) is 5.75 Å². The molecular formula is C25H24ClFN2O3S. The van der Waals surface area contributed by atoms with Gasteiger partial charge in [0.15, 0.2) is 6.61 Å². The molecule has 0 radical (unpaired) electrons. The zero-order valence-electron chi connectivity index (χ0n) is 18.0. The van der Waals surface area contributed by atoms with Gasteiger partial charge in [0.1, 0.15) is 18.1 Å². The van der Waals surface area contributed by atoms with E-state index < -0.39 is 0 Å². The number of carbonyl (C=O) groups is 2. The van der Waals surface area contributed by atoms with Gasteiger partial charge in [-0.25, -0.2) is 4.39 Å². The van der Waals surface area contributed by atoms with Gasteiger partial charge in [-0.2, -0.15) is 0 Å². The molecule has 5 nitrogen and oxygen atoms in total. The zero-order valence-corrected chi connectivity index (χ0v) is 19.5. The standard InChI is InChI=1S/C25H24ClFN2O3S/c1-2-13-28(25(31)18-32-22-11-7-20(26)8-12-22)17-24(30)29(16-23-4-3-14-33-23)15-19-5-9-21(27)10-6-19/h2-12,14H,1,13,15-18H2. The van der Waals surface area contributed by atoms with E-state index in [1.54, 1.807) is 58.7 Å². The summed E-state index contributed by atoms with van der Waals surface area (Å²) in [6, 6.07) is 16.6. The van der Waals surface area contributed by atoms with Crippen molar-refractivity contribution in [2.24, 2.45) is 0 Å². The van der Waals surface area contributed by atoms with Crippen LogP contribution in [0.15, 0.2) is 78.7 Å². The Morgan fingerprint density at radius 2 is 1.73 bits per heavy atom. The Bertz CT molecular complexity index is 1060. The minimum absolute atomic E-state index is 0.124. The van der Waals surface area contributed by atoms with Gasteiger partial charge in [-0.15, -0.1) is 17.9 Å². The van der Waals surface area contributed by atoms with Crippen LogP contribution in [0.4, 0.5) is 4.39 Å². The van der Waals surface area contributed by atoms with Crippen LogP contribution in [0.2, 0.25) is 5.02 Å². The maximum absolute atomic E-state index is 13.3. The van der Waals surface area contributed by atoms with Crippen LogP contribution in [0, 0.1) is 5.82 Å². The summed E-state index contributed by atoms with van der Waals surface area (Å²) in [5, 5.41) is 2.51. The molecule has 0 bridgehead atoms. The molecule has 3 aromatic rings. The van der Waals surface area contributed by atoms with E-state index >= 15 is 0 Å². The van der Waals surface area contributed by atoms with E-state index in [-0.39, 0.29) is 37.3 Å². The van der Waals surface area contributed by atoms with Crippen molar-refractivity contribution >= 4 is 34.8 Å². The number of benzene rings is 2. The van der Waals surface area contributed by atoms with E-state index in [2.05, 4.69) is 6.58 Å². The third kappa shape index (κ3) is 7.73. The van der Waals surface area contributed by atoms with E-state index in [9.17, 15) is 14.0 Å². The number of halogens is 2. The number of nitrogens with zero attached hydrogens (tertiary/aromatic N) is 2. The zero-order chi connectivity index (χ0) is 23.6. The molecule has 3 rings (SSSR count). The van der Waals surface area contributed by atoms with Crippen molar-refractivity contribution in [2.75, 3.05) is 19.7 Å². The summed E-state index contributed by atoms with van der Waals surface area (Å²) in [6.45, 7) is 4.25. The molecule has 0 atom stereocenters. The molecule has 0 saturated carbocycles. The molecule has 1 heterocycles. The molecule has 0 saturated heterocycles. The molecule has 8 heteroatoms. The average Bonchev–Trinajstić information content (AvgIpc) is 3.32. The van der Waals surface area contributed by atoms with E-state index in [1.807, 2.05) is 17.5 Å². The SMILES string of the molecule is C=CCN(CC(=O)N(Cc1ccc(F)cc1)Cc1cccs1)C(=O)COc1ccc(Cl)cc1. The normalized spacial score (nSPS) is 10.5. The van der Waals surface area contributed by atoms with Gasteiger partial charge < -0.3 is 14.5 Å². The molecule has 0 aliphatic heterocycles. The predicted molar refractivity (Wildman–Crippen MR) is 129 cm³/mol. The van der Waals surface area contributed by atoms with Gasteiger partial charge in [0.25, 0.3) is 5.91 Å². The van der Waals surface area contributed by atoms with Crippen LogP contribution in [0.25, 0.3) is 0 Å².